The van der Waals surface area contributed by atoms with E-state index >= 15 is 0 Å². The molecule has 5 nitrogen and oxygen atoms in total. The molecule has 2 heterocycles. The van der Waals surface area contributed by atoms with Gasteiger partial charge in [0.1, 0.15) is 5.54 Å². The lowest BCUT2D eigenvalue weighted by Gasteiger charge is -2.34. The van der Waals surface area contributed by atoms with E-state index in [0.717, 1.165) is 18.4 Å². The minimum Gasteiger partial charge on any atom is -0.479 e. The Kier molecular flexibility index (Phi) is 4.94. The molecule has 1 amide bonds. The third-order valence-electron chi connectivity index (χ3n) is 4.23. The summed E-state index contributed by atoms with van der Waals surface area (Å²) in [7, 11) is 0. The van der Waals surface area contributed by atoms with Crippen LogP contribution in [0.15, 0.2) is 24.5 Å². The molecule has 1 aliphatic rings. The highest BCUT2D eigenvalue weighted by molar-refractivity contribution is 5.87. The third kappa shape index (κ3) is 3.23. The minimum atomic E-state index is -0.982. The van der Waals surface area contributed by atoms with Crippen molar-refractivity contribution in [3.05, 3.63) is 30.1 Å². The summed E-state index contributed by atoms with van der Waals surface area (Å²) in [4.78, 5) is 29.7. The predicted octanol–water partition coefficient (Wildman–Crippen LogP) is 2.26. The van der Waals surface area contributed by atoms with E-state index in [0.29, 0.717) is 32.2 Å². The number of nitrogens with zero attached hydrogens (tertiary/aromatic N) is 2. The van der Waals surface area contributed by atoms with Crippen LogP contribution in [0.3, 0.4) is 0 Å². The zero-order chi connectivity index (χ0) is 15.3. The average Bonchev–Trinajstić information content (AvgIpc) is 2.91. The molecule has 0 aromatic carbocycles. The van der Waals surface area contributed by atoms with Gasteiger partial charge in [-0.25, -0.2) is 4.79 Å². The second-order valence-corrected chi connectivity index (χ2v) is 5.59. The van der Waals surface area contributed by atoms with Crippen molar-refractivity contribution in [3.8, 4) is 0 Å². The molecule has 1 atom stereocenters. The highest BCUT2D eigenvalue weighted by Gasteiger charge is 2.48. The van der Waals surface area contributed by atoms with Gasteiger partial charge in [0.05, 0.1) is 0 Å². The fourth-order valence-corrected chi connectivity index (χ4v) is 3.18. The van der Waals surface area contributed by atoms with E-state index in [9.17, 15) is 14.7 Å². The van der Waals surface area contributed by atoms with Crippen LogP contribution in [0.1, 0.15) is 44.6 Å². The molecule has 1 aromatic heterocycles. The number of amides is 1. The summed E-state index contributed by atoms with van der Waals surface area (Å²) < 4.78 is 0. The van der Waals surface area contributed by atoms with Crippen molar-refractivity contribution in [1.82, 2.24) is 9.88 Å². The second kappa shape index (κ2) is 6.70. The van der Waals surface area contributed by atoms with E-state index in [1.165, 1.54) is 0 Å². The van der Waals surface area contributed by atoms with Gasteiger partial charge in [0, 0.05) is 25.4 Å². The Labute approximate surface area is 125 Å². The summed E-state index contributed by atoms with van der Waals surface area (Å²) in [5.41, 5.74) is 0.0679. The van der Waals surface area contributed by atoms with E-state index in [1.807, 2.05) is 19.1 Å². The summed E-state index contributed by atoms with van der Waals surface area (Å²) in [6.07, 6.45) is 7.01. The Morgan fingerprint density at radius 2 is 2.10 bits per heavy atom. The maximum absolute atomic E-state index is 12.5. The van der Waals surface area contributed by atoms with Gasteiger partial charge in [-0.1, -0.05) is 13.3 Å². The van der Waals surface area contributed by atoms with Crippen molar-refractivity contribution in [2.24, 2.45) is 0 Å². The first-order chi connectivity index (χ1) is 10.1. The van der Waals surface area contributed by atoms with Gasteiger partial charge in [0.2, 0.25) is 5.91 Å². The predicted molar refractivity (Wildman–Crippen MR) is 78.8 cm³/mol. The molecule has 0 spiro atoms. The zero-order valence-corrected chi connectivity index (χ0v) is 12.4. The van der Waals surface area contributed by atoms with Gasteiger partial charge in [-0.2, -0.15) is 0 Å². The van der Waals surface area contributed by atoms with Gasteiger partial charge in [-0.15, -0.1) is 0 Å². The molecule has 1 saturated heterocycles. The summed E-state index contributed by atoms with van der Waals surface area (Å²) in [5.74, 6) is -0.917. The Balaban J connectivity index is 2.05. The third-order valence-corrected chi connectivity index (χ3v) is 4.23. The number of hydrogen-bond donors (Lipinski definition) is 1. The largest absolute Gasteiger partial charge is 0.479 e. The molecule has 1 N–H and O–H groups in total. The van der Waals surface area contributed by atoms with Crippen LogP contribution in [-0.4, -0.2) is 39.0 Å². The van der Waals surface area contributed by atoms with Crippen molar-refractivity contribution >= 4 is 11.9 Å². The van der Waals surface area contributed by atoms with E-state index in [-0.39, 0.29) is 5.91 Å². The molecule has 0 bridgehead atoms. The van der Waals surface area contributed by atoms with Crippen LogP contribution in [0.4, 0.5) is 0 Å². The van der Waals surface area contributed by atoms with Gasteiger partial charge < -0.3 is 10.0 Å². The number of carboxylic acid groups (broad SMARTS) is 1. The Bertz CT molecular complexity index is 504. The monoisotopic (exact) mass is 290 g/mol. The number of aromatic nitrogens is 1. The first-order valence-electron chi connectivity index (χ1n) is 7.53. The van der Waals surface area contributed by atoms with Gasteiger partial charge in [-0.05, 0) is 43.4 Å². The first kappa shape index (κ1) is 15.5. The lowest BCUT2D eigenvalue weighted by Crippen LogP contribution is -2.53. The minimum absolute atomic E-state index is 0.0554. The quantitative estimate of drug-likeness (QED) is 0.872. The zero-order valence-electron chi connectivity index (χ0n) is 12.4. The van der Waals surface area contributed by atoms with Gasteiger partial charge >= 0.3 is 5.97 Å². The van der Waals surface area contributed by atoms with Gasteiger partial charge in [0.15, 0.2) is 0 Å². The highest BCUT2D eigenvalue weighted by Crippen LogP contribution is 2.34. The molecular formula is C16H22N2O3. The van der Waals surface area contributed by atoms with Crippen LogP contribution in [0.25, 0.3) is 0 Å². The lowest BCUT2D eigenvalue weighted by molar-refractivity contribution is -0.157. The van der Waals surface area contributed by atoms with E-state index in [1.54, 1.807) is 17.3 Å². The van der Waals surface area contributed by atoms with Crippen molar-refractivity contribution < 1.29 is 14.7 Å². The lowest BCUT2D eigenvalue weighted by atomic mass is 9.90. The summed E-state index contributed by atoms with van der Waals surface area (Å²) >= 11 is 0. The molecule has 1 unspecified atom stereocenters. The molecular weight excluding hydrogens is 268 g/mol. The molecule has 21 heavy (non-hydrogen) atoms. The maximum Gasteiger partial charge on any atom is 0.329 e. The van der Waals surface area contributed by atoms with Crippen LogP contribution in [0, 0.1) is 0 Å². The van der Waals surface area contributed by atoms with Crippen LogP contribution in [0.2, 0.25) is 0 Å². The van der Waals surface area contributed by atoms with Crippen LogP contribution in [-0.2, 0) is 16.0 Å². The standard InChI is InChI=1S/C16H22N2O3/c1-2-8-16(15(20)21)9-3-12-18(16)14(19)5-4-13-6-10-17-11-7-13/h6-7,10-11H,2-5,8-9,12H2,1H3,(H,20,21). The molecule has 0 radical (unpaired) electrons. The fraction of sp³-hybridized carbons (Fsp3) is 0.562. The number of rotatable bonds is 6. The molecule has 1 aliphatic heterocycles. The average molecular weight is 290 g/mol. The number of carbonyl (C=O) groups is 2. The molecule has 1 aromatic rings. The number of pyridine rings is 1. The number of hydrogen-bond acceptors (Lipinski definition) is 3. The molecule has 0 saturated carbocycles. The summed E-state index contributed by atoms with van der Waals surface area (Å²) in [6, 6.07) is 3.77. The smallest absolute Gasteiger partial charge is 0.329 e. The van der Waals surface area contributed by atoms with E-state index < -0.39 is 11.5 Å². The molecule has 1 fully saturated rings. The number of aliphatic carboxylic acids is 1. The second-order valence-electron chi connectivity index (χ2n) is 5.59. The van der Waals surface area contributed by atoms with Crippen molar-refractivity contribution in [3.63, 3.8) is 0 Å². The highest BCUT2D eigenvalue weighted by atomic mass is 16.4. The van der Waals surface area contributed by atoms with E-state index in [4.69, 9.17) is 0 Å². The number of carbonyl (C=O) groups excluding carboxylic acids is 1. The van der Waals surface area contributed by atoms with Crippen molar-refractivity contribution in [1.29, 1.82) is 0 Å². The van der Waals surface area contributed by atoms with Crippen LogP contribution in [0.5, 0.6) is 0 Å². The Hall–Kier alpha value is -1.91. The fourth-order valence-electron chi connectivity index (χ4n) is 3.18. The molecule has 5 heteroatoms. The van der Waals surface area contributed by atoms with Gasteiger partial charge in [-0.3, -0.25) is 9.78 Å². The molecule has 114 valence electrons. The number of likely N-dealkylation sites (tertiary alicyclic amines) is 1. The Morgan fingerprint density at radius 3 is 2.71 bits per heavy atom. The SMILES string of the molecule is CCCC1(C(=O)O)CCCN1C(=O)CCc1ccncc1. The number of aryl methyl sites for hydroxylation is 1. The van der Waals surface area contributed by atoms with Crippen molar-refractivity contribution in [2.45, 2.75) is 51.0 Å². The first-order valence-corrected chi connectivity index (χ1v) is 7.53. The molecule has 2 rings (SSSR count). The van der Waals surface area contributed by atoms with Crippen LogP contribution >= 0.6 is 0 Å². The summed E-state index contributed by atoms with van der Waals surface area (Å²) in [5, 5.41) is 9.60. The van der Waals surface area contributed by atoms with Crippen LogP contribution < -0.4 is 0 Å². The maximum atomic E-state index is 12.5. The normalized spacial score (nSPS) is 21.5. The van der Waals surface area contributed by atoms with Gasteiger partial charge in [0.25, 0.3) is 0 Å². The summed E-state index contributed by atoms with van der Waals surface area (Å²) in [6.45, 7) is 2.52. The topological polar surface area (TPSA) is 70.5 Å². The van der Waals surface area contributed by atoms with Crippen molar-refractivity contribution in [2.75, 3.05) is 6.54 Å². The molecule has 0 aliphatic carbocycles. The number of carboxylic acids is 1. The van der Waals surface area contributed by atoms with E-state index in [2.05, 4.69) is 4.98 Å². The Morgan fingerprint density at radius 1 is 1.38 bits per heavy atom.